The van der Waals surface area contributed by atoms with Crippen molar-refractivity contribution in [3.05, 3.63) is 18.2 Å². The van der Waals surface area contributed by atoms with Crippen molar-refractivity contribution in [3.63, 3.8) is 0 Å². The van der Waals surface area contributed by atoms with E-state index in [1.807, 2.05) is 18.2 Å². The zero-order valence-electron chi connectivity index (χ0n) is 9.35. The normalized spacial score (nSPS) is 10.6. The Morgan fingerprint density at radius 1 is 1.35 bits per heavy atom. The van der Waals surface area contributed by atoms with Crippen LogP contribution in [0.15, 0.2) is 18.2 Å². The van der Waals surface area contributed by atoms with E-state index in [1.165, 1.54) is 0 Å². The van der Waals surface area contributed by atoms with Crippen LogP contribution in [0.4, 0.5) is 5.69 Å². The summed E-state index contributed by atoms with van der Waals surface area (Å²) in [5, 5.41) is 2.88. The Balaban J connectivity index is 2.03. The Hall–Kier alpha value is -1.23. The van der Waals surface area contributed by atoms with Gasteiger partial charge in [-0.3, -0.25) is 0 Å². The van der Waals surface area contributed by atoms with Crippen LogP contribution in [0.2, 0.25) is 0 Å². The van der Waals surface area contributed by atoms with Crippen LogP contribution in [-0.2, 0) is 4.79 Å². The van der Waals surface area contributed by atoms with Gasteiger partial charge in [-0.2, -0.15) is 0 Å². The first-order valence-electron chi connectivity index (χ1n) is 5.52. The molecule has 2 rings (SSSR count). The summed E-state index contributed by atoms with van der Waals surface area (Å²) in [6.45, 7) is 0.630. The monoisotopic (exact) mass is 298 g/mol. The molecule has 0 radical (unpaired) electrons. The number of nitrogens with zero attached hydrogens (tertiary/aromatic N) is 2. The minimum atomic E-state index is -0.0668. The van der Waals surface area contributed by atoms with Gasteiger partial charge in [0.25, 0.3) is 0 Å². The quantitative estimate of drug-likeness (QED) is 0.630. The number of hydrogen-bond acceptors (Lipinski definition) is 4. The predicted octanol–water partition coefficient (Wildman–Crippen LogP) is 0.754. The molecule has 3 N–H and O–H groups in total. The van der Waals surface area contributed by atoms with Crippen molar-refractivity contribution in [1.82, 2.24) is 7.96 Å². The van der Waals surface area contributed by atoms with Gasteiger partial charge in [0.15, 0.2) is 0 Å². The van der Waals surface area contributed by atoms with Crippen LogP contribution in [0.1, 0.15) is 19.3 Å². The van der Waals surface area contributed by atoms with Crippen molar-refractivity contribution < 1.29 is 4.79 Å². The maximum atomic E-state index is 11.7. The van der Waals surface area contributed by atoms with Gasteiger partial charge in [-0.25, -0.2) is 0 Å². The molecule has 0 atom stereocenters. The molecule has 0 fully saturated rings. The first kappa shape index (κ1) is 12.2. The zero-order valence-corrected chi connectivity index (χ0v) is 11.1. The molecule has 0 unspecified atom stereocenters. The molecule has 0 bridgehead atoms. The summed E-state index contributed by atoms with van der Waals surface area (Å²) in [5.41, 5.74) is 7.85. The Morgan fingerprint density at radius 3 is 3.06 bits per heavy atom. The molecule has 0 spiro atoms. The number of amides is 1. The average Bonchev–Trinajstić information content (AvgIpc) is 2.78. The number of rotatable bonds is 5. The molecule has 6 heteroatoms. The Morgan fingerprint density at radius 2 is 2.24 bits per heavy atom. The van der Waals surface area contributed by atoms with Gasteiger partial charge in [-0.1, -0.05) is 0 Å². The van der Waals surface area contributed by atoms with Crippen LogP contribution in [0, 0.1) is 0 Å². The number of unbranched alkanes of at least 4 members (excludes halogenated alkanes) is 1. The van der Waals surface area contributed by atoms with Gasteiger partial charge in [-0.05, 0) is 0 Å². The number of fused-ring (bicyclic) bond motifs is 1. The second-order valence-electron chi connectivity index (χ2n) is 3.73. The van der Waals surface area contributed by atoms with Crippen molar-refractivity contribution in [3.8, 4) is 0 Å². The second kappa shape index (κ2) is 5.91. The van der Waals surface area contributed by atoms with E-state index in [4.69, 9.17) is 5.73 Å². The van der Waals surface area contributed by atoms with Crippen LogP contribution < -0.4 is 11.1 Å². The van der Waals surface area contributed by atoms with E-state index in [2.05, 4.69) is 13.3 Å². The van der Waals surface area contributed by atoms with Crippen molar-refractivity contribution in [2.75, 3.05) is 11.9 Å². The van der Waals surface area contributed by atoms with Crippen molar-refractivity contribution in [2.24, 2.45) is 5.73 Å². The van der Waals surface area contributed by atoms with E-state index in [0.29, 0.717) is 13.0 Å². The van der Waals surface area contributed by atoms with Gasteiger partial charge >= 0.3 is 105 Å². The van der Waals surface area contributed by atoms with Crippen LogP contribution in [0.3, 0.4) is 0 Å². The first-order valence-corrected chi connectivity index (χ1v) is 7.05. The Labute approximate surface area is 106 Å². The molecule has 0 saturated heterocycles. The summed E-state index contributed by atoms with van der Waals surface area (Å²) in [7, 11) is 0. The van der Waals surface area contributed by atoms with Crippen LogP contribution >= 0.6 is 0 Å². The van der Waals surface area contributed by atoms with E-state index >= 15 is 0 Å². The first-order chi connectivity index (χ1) is 8.31. The van der Waals surface area contributed by atoms with E-state index in [1.54, 1.807) is 0 Å². The molecule has 5 nitrogen and oxygen atoms in total. The summed E-state index contributed by atoms with van der Waals surface area (Å²) in [6, 6.07) is 5.66. The number of carbonyl (C=O) groups is 1. The van der Waals surface area contributed by atoms with Crippen molar-refractivity contribution >= 4 is 37.6 Å². The van der Waals surface area contributed by atoms with Crippen LogP contribution in [0.25, 0.3) is 11.0 Å². The SMILES string of the molecule is NCCCCC(=O)Nc1cccc2n[se]nc12. The second-order valence-corrected chi connectivity index (χ2v) is 4.84. The third-order valence-electron chi connectivity index (χ3n) is 2.42. The molecule has 1 amide bonds. The summed E-state index contributed by atoms with van der Waals surface area (Å²) in [5.74, 6) is 0.0152. The fraction of sp³-hybridized carbons (Fsp3) is 0.364. The van der Waals surface area contributed by atoms with Gasteiger partial charge in [0.2, 0.25) is 0 Å². The van der Waals surface area contributed by atoms with E-state index in [-0.39, 0.29) is 20.9 Å². The molecule has 0 saturated carbocycles. The minimum absolute atomic E-state index is 0.0152. The molecule has 90 valence electrons. The van der Waals surface area contributed by atoms with Crippen LogP contribution in [-0.4, -0.2) is 35.4 Å². The van der Waals surface area contributed by atoms with E-state index in [0.717, 1.165) is 29.6 Å². The molecule has 0 aliphatic carbocycles. The van der Waals surface area contributed by atoms with E-state index in [9.17, 15) is 4.79 Å². The number of hydrogen-bond donors (Lipinski definition) is 2. The average molecular weight is 297 g/mol. The molecular formula is C11H14N4OSe. The molecule has 17 heavy (non-hydrogen) atoms. The molecular weight excluding hydrogens is 283 g/mol. The van der Waals surface area contributed by atoms with E-state index < -0.39 is 0 Å². The fourth-order valence-electron chi connectivity index (χ4n) is 1.55. The third-order valence-corrected chi connectivity index (χ3v) is 3.56. The maximum absolute atomic E-state index is 11.7. The number of benzene rings is 1. The molecule has 0 aliphatic rings. The van der Waals surface area contributed by atoms with Gasteiger partial charge in [0.05, 0.1) is 0 Å². The summed E-state index contributed by atoms with van der Waals surface area (Å²) in [4.78, 5) is 11.7. The molecule has 2 aromatic rings. The molecule has 1 aromatic heterocycles. The Kier molecular flexibility index (Phi) is 4.25. The van der Waals surface area contributed by atoms with Crippen LogP contribution in [0.5, 0.6) is 0 Å². The summed E-state index contributed by atoms with van der Waals surface area (Å²) >= 11 is -0.0668. The summed E-state index contributed by atoms with van der Waals surface area (Å²) < 4.78 is 8.58. The molecule has 1 heterocycles. The van der Waals surface area contributed by atoms with Gasteiger partial charge in [0.1, 0.15) is 0 Å². The van der Waals surface area contributed by atoms with Gasteiger partial charge < -0.3 is 0 Å². The fourth-order valence-corrected chi connectivity index (χ4v) is 2.70. The van der Waals surface area contributed by atoms with Crippen molar-refractivity contribution in [2.45, 2.75) is 19.3 Å². The van der Waals surface area contributed by atoms with Gasteiger partial charge in [0, 0.05) is 0 Å². The Bertz CT molecular complexity index is 511. The standard InChI is InChI=1S/C11H14N4OSe/c12-7-2-1-6-10(16)13-8-4-3-5-9-11(8)15-17-14-9/h3-5H,1-2,6-7,12H2,(H,13,16). The van der Waals surface area contributed by atoms with Crippen molar-refractivity contribution in [1.29, 1.82) is 0 Å². The van der Waals surface area contributed by atoms with Gasteiger partial charge in [-0.15, -0.1) is 0 Å². The number of nitrogens with two attached hydrogens (primary N) is 1. The number of anilines is 1. The number of carbonyl (C=O) groups excluding carboxylic acids is 1. The number of nitrogens with one attached hydrogen (secondary N) is 1. The molecule has 0 aliphatic heterocycles. The zero-order chi connectivity index (χ0) is 12.1. The number of aromatic nitrogens is 2. The third kappa shape index (κ3) is 3.12. The summed E-state index contributed by atoms with van der Waals surface area (Å²) in [6.07, 6.45) is 2.20. The predicted molar refractivity (Wildman–Crippen MR) is 68.0 cm³/mol. The topological polar surface area (TPSA) is 80.9 Å². The molecule has 1 aromatic carbocycles.